The Kier molecular flexibility index (Phi) is 3.15. The number of hydrogen-bond acceptors (Lipinski definition) is 8. The van der Waals surface area contributed by atoms with Gasteiger partial charge in [0.15, 0.2) is 23.0 Å². The van der Waals surface area contributed by atoms with E-state index in [1.807, 2.05) is 0 Å². The fraction of sp³-hybridized carbons (Fsp3) is 0.417. The summed E-state index contributed by atoms with van der Waals surface area (Å²) in [5, 5.41) is 29.6. The number of nitrogens with zero attached hydrogens (tertiary/aromatic N) is 3. The highest BCUT2D eigenvalue weighted by Gasteiger charge is 2.54. The van der Waals surface area contributed by atoms with Crippen molar-refractivity contribution >= 4 is 17.1 Å². The molecule has 116 valence electrons. The third kappa shape index (κ3) is 1.81. The summed E-state index contributed by atoms with van der Waals surface area (Å²) < 4.78 is 6.67. The summed E-state index contributed by atoms with van der Waals surface area (Å²) >= 11 is 0. The van der Waals surface area contributed by atoms with Crippen LogP contribution >= 0.6 is 0 Å². The van der Waals surface area contributed by atoms with E-state index in [0.717, 1.165) is 0 Å². The molecule has 6 N–H and O–H groups in total. The first kappa shape index (κ1) is 14.5. The van der Waals surface area contributed by atoms with Gasteiger partial charge in [-0.25, -0.2) is 4.98 Å². The molecule has 1 saturated heterocycles. The SMILES string of the molecule is C#C[C@]1(CO)O[C@@H](n2cnc3c(=O)[nH]c(N)nc32)[C@H](O)[C@@H]1O. The van der Waals surface area contributed by atoms with Gasteiger partial charge in [-0.05, 0) is 0 Å². The third-order valence-electron chi connectivity index (χ3n) is 3.63. The number of aromatic nitrogens is 4. The lowest BCUT2D eigenvalue weighted by atomic mass is 9.97. The smallest absolute Gasteiger partial charge is 0.280 e. The van der Waals surface area contributed by atoms with Crippen LogP contribution in [-0.2, 0) is 4.74 Å². The number of rotatable bonds is 2. The molecule has 4 atom stereocenters. The number of fused-ring (bicyclic) bond motifs is 1. The summed E-state index contributed by atoms with van der Waals surface area (Å²) in [4.78, 5) is 21.8. The van der Waals surface area contributed by atoms with Crippen LogP contribution in [0.4, 0.5) is 5.95 Å². The van der Waals surface area contributed by atoms with Crippen LogP contribution in [0.25, 0.3) is 11.2 Å². The largest absolute Gasteiger partial charge is 0.392 e. The summed E-state index contributed by atoms with van der Waals surface area (Å²) in [6.07, 6.45) is 2.33. The molecule has 0 aliphatic carbocycles. The van der Waals surface area contributed by atoms with Crippen LogP contribution in [0.5, 0.6) is 0 Å². The normalized spacial score (nSPS) is 31.5. The zero-order chi connectivity index (χ0) is 16.1. The molecule has 1 aliphatic rings. The second kappa shape index (κ2) is 4.79. The quantitative estimate of drug-likeness (QED) is 0.375. The number of ether oxygens (including phenoxy) is 1. The number of aliphatic hydroxyl groups excluding tert-OH is 3. The van der Waals surface area contributed by atoms with Gasteiger partial charge >= 0.3 is 0 Å². The monoisotopic (exact) mass is 307 g/mol. The lowest BCUT2D eigenvalue weighted by Gasteiger charge is -2.23. The Morgan fingerprint density at radius 1 is 1.59 bits per heavy atom. The zero-order valence-corrected chi connectivity index (χ0v) is 11.2. The maximum Gasteiger partial charge on any atom is 0.280 e. The molecular formula is C12H13N5O5. The molecule has 3 heterocycles. The molecule has 0 bridgehead atoms. The van der Waals surface area contributed by atoms with Gasteiger partial charge in [-0.1, -0.05) is 5.92 Å². The summed E-state index contributed by atoms with van der Waals surface area (Å²) in [5.74, 6) is 2.00. The maximum atomic E-state index is 11.7. The number of nitrogens with two attached hydrogens (primary N) is 1. The minimum absolute atomic E-state index is 0.0123. The molecule has 0 saturated carbocycles. The van der Waals surface area contributed by atoms with Crippen molar-refractivity contribution in [2.24, 2.45) is 0 Å². The Hall–Kier alpha value is -2.45. The van der Waals surface area contributed by atoms with E-state index in [2.05, 4.69) is 20.9 Å². The van der Waals surface area contributed by atoms with Crippen molar-refractivity contribution in [3.05, 3.63) is 16.7 Å². The first-order valence-corrected chi connectivity index (χ1v) is 6.28. The minimum Gasteiger partial charge on any atom is -0.392 e. The molecule has 0 amide bonds. The van der Waals surface area contributed by atoms with Gasteiger partial charge in [0.05, 0.1) is 12.9 Å². The topological polar surface area (TPSA) is 160 Å². The van der Waals surface area contributed by atoms with E-state index in [1.165, 1.54) is 10.9 Å². The van der Waals surface area contributed by atoms with Crippen molar-refractivity contribution in [2.45, 2.75) is 24.0 Å². The Balaban J connectivity index is 2.13. The average molecular weight is 307 g/mol. The van der Waals surface area contributed by atoms with Gasteiger partial charge < -0.3 is 25.8 Å². The first-order chi connectivity index (χ1) is 10.4. The molecule has 3 rings (SSSR count). The Morgan fingerprint density at radius 3 is 2.91 bits per heavy atom. The second-order valence-electron chi connectivity index (χ2n) is 4.91. The van der Waals surface area contributed by atoms with Crippen molar-refractivity contribution in [3.63, 3.8) is 0 Å². The Morgan fingerprint density at radius 2 is 2.32 bits per heavy atom. The Labute approximate surface area is 123 Å². The highest BCUT2D eigenvalue weighted by Crippen LogP contribution is 2.37. The van der Waals surface area contributed by atoms with E-state index in [9.17, 15) is 20.1 Å². The number of terminal acetylenes is 1. The van der Waals surface area contributed by atoms with Crippen molar-refractivity contribution in [3.8, 4) is 12.3 Å². The van der Waals surface area contributed by atoms with Crippen LogP contribution in [0.3, 0.4) is 0 Å². The number of aromatic amines is 1. The molecule has 22 heavy (non-hydrogen) atoms. The van der Waals surface area contributed by atoms with Gasteiger partial charge in [0.2, 0.25) is 5.95 Å². The number of aliphatic hydroxyl groups is 3. The van der Waals surface area contributed by atoms with E-state index in [4.69, 9.17) is 16.9 Å². The van der Waals surface area contributed by atoms with Crippen molar-refractivity contribution in [1.29, 1.82) is 0 Å². The van der Waals surface area contributed by atoms with Crippen LogP contribution in [0.15, 0.2) is 11.1 Å². The number of imidazole rings is 1. The number of H-pyrrole nitrogens is 1. The van der Waals surface area contributed by atoms with Crippen LogP contribution in [-0.4, -0.2) is 59.3 Å². The van der Waals surface area contributed by atoms with Crippen LogP contribution < -0.4 is 11.3 Å². The molecule has 0 aromatic carbocycles. The fourth-order valence-electron chi connectivity index (χ4n) is 2.43. The lowest BCUT2D eigenvalue weighted by molar-refractivity contribution is -0.0910. The number of nitrogens with one attached hydrogen (secondary N) is 1. The molecule has 2 aromatic heterocycles. The Bertz CT molecular complexity index is 823. The van der Waals surface area contributed by atoms with Crippen molar-refractivity contribution in [2.75, 3.05) is 12.3 Å². The molecule has 10 nitrogen and oxygen atoms in total. The molecule has 1 aliphatic heterocycles. The van der Waals surface area contributed by atoms with E-state index in [-0.39, 0.29) is 17.1 Å². The maximum absolute atomic E-state index is 11.7. The van der Waals surface area contributed by atoms with Gasteiger partial charge in [0, 0.05) is 0 Å². The highest BCUT2D eigenvalue weighted by molar-refractivity contribution is 5.70. The van der Waals surface area contributed by atoms with Crippen LogP contribution in [0.1, 0.15) is 6.23 Å². The molecule has 1 fully saturated rings. The summed E-state index contributed by atoms with van der Waals surface area (Å²) in [5.41, 5.74) is 3.22. The van der Waals surface area contributed by atoms with E-state index in [0.29, 0.717) is 0 Å². The summed E-state index contributed by atoms with van der Waals surface area (Å²) in [7, 11) is 0. The van der Waals surface area contributed by atoms with E-state index < -0.39 is 36.2 Å². The highest BCUT2D eigenvalue weighted by atomic mass is 16.6. The van der Waals surface area contributed by atoms with Gasteiger partial charge in [0.25, 0.3) is 5.56 Å². The molecule has 2 aromatic rings. The van der Waals surface area contributed by atoms with Gasteiger partial charge in [-0.3, -0.25) is 14.3 Å². The fourth-order valence-corrected chi connectivity index (χ4v) is 2.43. The van der Waals surface area contributed by atoms with Gasteiger partial charge in [-0.15, -0.1) is 6.42 Å². The molecule has 0 unspecified atom stereocenters. The van der Waals surface area contributed by atoms with Crippen molar-refractivity contribution in [1.82, 2.24) is 19.5 Å². The number of hydrogen-bond donors (Lipinski definition) is 5. The third-order valence-corrected chi connectivity index (χ3v) is 3.63. The van der Waals surface area contributed by atoms with E-state index >= 15 is 0 Å². The number of nitrogen functional groups attached to an aromatic ring is 1. The first-order valence-electron chi connectivity index (χ1n) is 6.28. The number of anilines is 1. The van der Waals surface area contributed by atoms with Crippen molar-refractivity contribution < 1.29 is 20.1 Å². The summed E-state index contributed by atoms with van der Waals surface area (Å²) in [6, 6.07) is 0. The second-order valence-corrected chi connectivity index (χ2v) is 4.91. The molecule has 10 heteroatoms. The summed E-state index contributed by atoms with van der Waals surface area (Å²) in [6.45, 7) is -0.693. The standard InChI is InChI=1S/C12H13N5O5/c1-2-12(3-18)7(20)6(19)10(22-12)17-4-14-5-8(17)15-11(13)16-9(5)21/h1,4,6-7,10,18-20H,3H2,(H3,13,15,16,21)/t6-,7+,10-,12-/m1/s1. The molecular weight excluding hydrogens is 294 g/mol. The lowest BCUT2D eigenvalue weighted by Crippen LogP contribution is -2.44. The molecule has 0 spiro atoms. The van der Waals surface area contributed by atoms with Gasteiger partial charge in [0.1, 0.15) is 12.2 Å². The average Bonchev–Trinajstić information content (AvgIpc) is 3.01. The van der Waals surface area contributed by atoms with E-state index in [1.54, 1.807) is 0 Å². The predicted molar refractivity (Wildman–Crippen MR) is 73.3 cm³/mol. The predicted octanol–water partition coefficient (Wildman–Crippen LogP) is -2.68. The minimum atomic E-state index is -1.76. The van der Waals surface area contributed by atoms with Gasteiger partial charge in [-0.2, -0.15) is 4.98 Å². The van der Waals surface area contributed by atoms with Crippen LogP contribution in [0.2, 0.25) is 0 Å². The molecule has 0 radical (unpaired) electrons. The van der Waals surface area contributed by atoms with Crippen LogP contribution in [0, 0.1) is 12.3 Å². The zero-order valence-electron chi connectivity index (χ0n) is 11.2.